The maximum absolute atomic E-state index is 5.21. The Morgan fingerprint density at radius 2 is 2.11 bits per heavy atom. The van der Waals surface area contributed by atoms with E-state index in [9.17, 15) is 0 Å². The van der Waals surface area contributed by atoms with Crippen molar-refractivity contribution < 1.29 is 4.74 Å². The molecule has 2 nitrogen and oxygen atoms in total. The Kier molecular flexibility index (Phi) is 5.76. The predicted molar refractivity (Wildman–Crippen MR) is 80.6 cm³/mol. The van der Waals surface area contributed by atoms with Crippen molar-refractivity contribution >= 4 is 11.8 Å². The van der Waals surface area contributed by atoms with Gasteiger partial charge in [0, 0.05) is 22.7 Å². The van der Waals surface area contributed by atoms with E-state index in [1.54, 1.807) is 18.9 Å². The molecule has 18 heavy (non-hydrogen) atoms. The maximum atomic E-state index is 5.21. The molecule has 100 valence electrons. The Morgan fingerprint density at radius 1 is 1.39 bits per heavy atom. The largest absolute Gasteiger partial charge is 0.497 e. The fourth-order valence-corrected chi connectivity index (χ4v) is 2.16. The Morgan fingerprint density at radius 3 is 2.72 bits per heavy atom. The highest BCUT2D eigenvalue weighted by Gasteiger charge is 2.08. The van der Waals surface area contributed by atoms with Crippen LogP contribution in [0.2, 0.25) is 0 Å². The van der Waals surface area contributed by atoms with Crippen LogP contribution in [0.1, 0.15) is 20.8 Å². The summed E-state index contributed by atoms with van der Waals surface area (Å²) in [4.78, 5) is 1.21. The van der Waals surface area contributed by atoms with Crippen LogP contribution >= 0.6 is 11.8 Å². The third kappa shape index (κ3) is 6.12. The van der Waals surface area contributed by atoms with Gasteiger partial charge in [-0.15, -0.1) is 11.8 Å². The molecule has 0 aliphatic heterocycles. The first kappa shape index (κ1) is 15.1. The van der Waals surface area contributed by atoms with Crippen LogP contribution in [0.4, 0.5) is 0 Å². The van der Waals surface area contributed by atoms with Crippen LogP contribution in [0.25, 0.3) is 0 Å². The van der Waals surface area contributed by atoms with Gasteiger partial charge in [-0.2, -0.15) is 0 Å². The molecular formula is C15H23NOS. The van der Waals surface area contributed by atoms with E-state index < -0.39 is 0 Å². The highest BCUT2D eigenvalue weighted by Crippen LogP contribution is 2.24. The molecule has 1 aromatic carbocycles. The number of hydrogen-bond acceptors (Lipinski definition) is 3. The molecule has 0 spiro atoms. The predicted octanol–water partition coefficient (Wildman–Crippen LogP) is 3.73. The number of methoxy groups -OCH3 is 1. The van der Waals surface area contributed by atoms with Crippen molar-refractivity contribution in [1.82, 2.24) is 5.32 Å². The molecule has 0 unspecified atom stereocenters. The molecule has 0 fully saturated rings. The molecule has 0 bridgehead atoms. The Balaban J connectivity index is 2.38. The minimum Gasteiger partial charge on any atom is -0.497 e. The van der Waals surface area contributed by atoms with Crippen molar-refractivity contribution in [2.75, 3.05) is 19.4 Å². The average molecular weight is 265 g/mol. The molecule has 0 aliphatic rings. The fourth-order valence-electron chi connectivity index (χ4n) is 1.32. The Hall–Kier alpha value is -0.930. The lowest BCUT2D eigenvalue weighted by atomic mass is 10.1. The second-order valence-electron chi connectivity index (χ2n) is 5.32. The number of benzene rings is 1. The van der Waals surface area contributed by atoms with Crippen LogP contribution in [-0.4, -0.2) is 24.9 Å². The van der Waals surface area contributed by atoms with Crippen molar-refractivity contribution in [3.63, 3.8) is 0 Å². The van der Waals surface area contributed by atoms with Gasteiger partial charge in [0.1, 0.15) is 5.75 Å². The molecule has 0 radical (unpaired) electrons. The van der Waals surface area contributed by atoms with Gasteiger partial charge in [0.15, 0.2) is 0 Å². The van der Waals surface area contributed by atoms with Crippen LogP contribution in [0.5, 0.6) is 5.75 Å². The SMILES string of the molecule is C=C(CNC(C)(C)C)CSc1cccc(OC)c1. The monoisotopic (exact) mass is 265 g/mol. The van der Waals surface area contributed by atoms with E-state index in [0.717, 1.165) is 18.0 Å². The highest BCUT2D eigenvalue weighted by molar-refractivity contribution is 7.99. The summed E-state index contributed by atoms with van der Waals surface area (Å²) in [6.07, 6.45) is 0. The normalized spacial score (nSPS) is 11.3. The van der Waals surface area contributed by atoms with Crippen LogP contribution in [-0.2, 0) is 0 Å². The first-order chi connectivity index (χ1) is 8.40. The van der Waals surface area contributed by atoms with Gasteiger partial charge in [0.05, 0.1) is 7.11 Å². The highest BCUT2D eigenvalue weighted by atomic mass is 32.2. The zero-order chi connectivity index (χ0) is 13.6. The molecular weight excluding hydrogens is 242 g/mol. The van der Waals surface area contributed by atoms with Crippen LogP contribution < -0.4 is 10.1 Å². The van der Waals surface area contributed by atoms with E-state index >= 15 is 0 Å². The molecule has 3 heteroatoms. The summed E-state index contributed by atoms with van der Waals surface area (Å²) in [5.41, 5.74) is 1.35. The van der Waals surface area contributed by atoms with E-state index in [4.69, 9.17) is 4.74 Å². The third-order valence-electron chi connectivity index (χ3n) is 2.35. The van der Waals surface area contributed by atoms with Crippen LogP contribution in [0.15, 0.2) is 41.3 Å². The first-order valence-corrected chi connectivity index (χ1v) is 7.08. The smallest absolute Gasteiger partial charge is 0.119 e. The molecule has 1 rings (SSSR count). The van der Waals surface area contributed by atoms with Crippen molar-refractivity contribution in [3.05, 3.63) is 36.4 Å². The number of thioether (sulfide) groups is 1. The lowest BCUT2D eigenvalue weighted by molar-refractivity contribution is 0.413. The molecule has 1 aromatic rings. The number of rotatable bonds is 6. The molecule has 0 aromatic heterocycles. The summed E-state index contributed by atoms with van der Waals surface area (Å²) in [7, 11) is 1.69. The lowest BCUT2D eigenvalue weighted by Crippen LogP contribution is -2.37. The van der Waals surface area contributed by atoms with E-state index in [1.165, 1.54) is 10.5 Å². The number of nitrogens with one attached hydrogen (secondary N) is 1. The van der Waals surface area contributed by atoms with E-state index in [0.29, 0.717) is 0 Å². The third-order valence-corrected chi connectivity index (χ3v) is 3.49. The van der Waals surface area contributed by atoms with Gasteiger partial charge in [0.25, 0.3) is 0 Å². The molecule has 0 saturated carbocycles. The molecule has 1 N–H and O–H groups in total. The molecule has 0 amide bonds. The minimum absolute atomic E-state index is 0.142. The second-order valence-corrected chi connectivity index (χ2v) is 6.37. The summed E-state index contributed by atoms with van der Waals surface area (Å²) in [5, 5.41) is 3.44. The summed E-state index contributed by atoms with van der Waals surface area (Å²) < 4.78 is 5.21. The lowest BCUT2D eigenvalue weighted by Gasteiger charge is -2.21. The van der Waals surface area contributed by atoms with Crippen LogP contribution in [0.3, 0.4) is 0 Å². The summed E-state index contributed by atoms with van der Waals surface area (Å²) in [5.74, 6) is 1.83. The Labute approximate surface area is 115 Å². The summed E-state index contributed by atoms with van der Waals surface area (Å²) in [6.45, 7) is 11.4. The average Bonchev–Trinajstić information content (AvgIpc) is 2.33. The van der Waals surface area contributed by atoms with E-state index in [1.807, 2.05) is 12.1 Å². The van der Waals surface area contributed by atoms with Gasteiger partial charge in [-0.25, -0.2) is 0 Å². The van der Waals surface area contributed by atoms with Crippen molar-refractivity contribution in [1.29, 1.82) is 0 Å². The van der Waals surface area contributed by atoms with Gasteiger partial charge >= 0.3 is 0 Å². The van der Waals surface area contributed by atoms with Crippen LogP contribution in [0, 0.1) is 0 Å². The van der Waals surface area contributed by atoms with E-state index in [-0.39, 0.29) is 5.54 Å². The molecule has 0 aliphatic carbocycles. The van der Waals surface area contributed by atoms with Gasteiger partial charge in [-0.05, 0) is 39.0 Å². The van der Waals surface area contributed by atoms with E-state index in [2.05, 4.69) is 44.8 Å². The van der Waals surface area contributed by atoms with Crippen molar-refractivity contribution in [2.24, 2.45) is 0 Å². The fraction of sp³-hybridized carbons (Fsp3) is 0.467. The molecule has 0 heterocycles. The second kappa shape index (κ2) is 6.86. The molecule has 0 saturated heterocycles. The van der Waals surface area contributed by atoms with Gasteiger partial charge < -0.3 is 10.1 Å². The first-order valence-electron chi connectivity index (χ1n) is 6.09. The topological polar surface area (TPSA) is 21.3 Å². The number of ether oxygens (including phenoxy) is 1. The quantitative estimate of drug-likeness (QED) is 0.625. The summed E-state index contributed by atoms with van der Waals surface area (Å²) >= 11 is 1.79. The zero-order valence-electron chi connectivity index (χ0n) is 11.7. The minimum atomic E-state index is 0.142. The van der Waals surface area contributed by atoms with Gasteiger partial charge in [-0.1, -0.05) is 18.2 Å². The molecule has 0 atom stereocenters. The zero-order valence-corrected chi connectivity index (χ0v) is 12.6. The standard InChI is InChI=1S/C15H23NOS/c1-12(10-16-15(2,3)4)11-18-14-8-6-7-13(9-14)17-5/h6-9,16H,1,10-11H2,2-5H3. The Bertz CT molecular complexity index is 396. The van der Waals surface area contributed by atoms with Crippen molar-refractivity contribution in [2.45, 2.75) is 31.2 Å². The maximum Gasteiger partial charge on any atom is 0.119 e. The van der Waals surface area contributed by atoms with Crippen molar-refractivity contribution in [3.8, 4) is 5.75 Å². The van der Waals surface area contributed by atoms with Gasteiger partial charge in [0.2, 0.25) is 0 Å². The van der Waals surface area contributed by atoms with Gasteiger partial charge in [-0.3, -0.25) is 0 Å². The summed E-state index contributed by atoms with van der Waals surface area (Å²) in [6, 6.07) is 8.12. The number of hydrogen-bond donors (Lipinski definition) is 1.